The van der Waals surface area contributed by atoms with Crippen molar-refractivity contribution in [1.29, 1.82) is 0 Å². The van der Waals surface area contributed by atoms with Gasteiger partial charge in [0, 0.05) is 18.7 Å². The average Bonchev–Trinajstić information content (AvgIpc) is 2.89. The van der Waals surface area contributed by atoms with Gasteiger partial charge >= 0.3 is 0 Å². The monoisotopic (exact) mass is 288 g/mol. The molecule has 1 aromatic heterocycles. The zero-order valence-corrected chi connectivity index (χ0v) is 14.2. The molecule has 2 bridgehead atoms. The molecule has 0 aliphatic heterocycles. The fourth-order valence-corrected chi connectivity index (χ4v) is 4.81. The second kappa shape index (κ2) is 4.59. The number of rotatable bonds is 3. The van der Waals surface area contributed by atoms with Gasteiger partial charge in [-0.25, -0.2) is 9.97 Å². The van der Waals surface area contributed by atoms with E-state index in [-0.39, 0.29) is 0 Å². The molecule has 1 heterocycles. The topological polar surface area (TPSA) is 49.8 Å². The molecule has 2 saturated carbocycles. The van der Waals surface area contributed by atoms with Gasteiger partial charge in [0.2, 0.25) is 0 Å². The predicted molar refractivity (Wildman–Crippen MR) is 87.7 cm³/mol. The molecule has 3 atom stereocenters. The highest BCUT2D eigenvalue weighted by molar-refractivity contribution is 5.58. The number of hydrogen-bond donors (Lipinski definition) is 2. The maximum atomic E-state index is 4.66. The van der Waals surface area contributed by atoms with E-state index in [4.69, 9.17) is 0 Å². The Labute approximate surface area is 128 Å². The summed E-state index contributed by atoms with van der Waals surface area (Å²) in [5.74, 6) is 3.58. The lowest BCUT2D eigenvalue weighted by atomic mass is 9.68. The molecule has 0 radical (unpaired) electrons. The summed E-state index contributed by atoms with van der Waals surface area (Å²) in [5, 5.41) is 6.97. The second-order valence-corrected chi connectivity index (χ2v) is 7.84. The third kappa shape index (κ3) is 2.11. The van der Waals surface area contributed by atoms with Crippen molar-refractivity contribution < 1.29 is 0 Å². The van der Waals surface area contributed by atoms with E-state index in [9.17, 15) is 0 Å². The van der Waals surface area contributed by atoms with Crippen molar-refractivity contribution in [2.45, 2.75) is 59.9 Å². The molecule has 1 aromatic rings. The van der Waals surface area contributed by atoms with Crippen molar-refractivity contribution >= 4 is 11.6 Å². The lowest BCUT2D eigenvalue weighted by Gasteiger charge is -2.43. The van der Waals surface area contributed by atoms with Gasteiger partial charge in [-0.15, -0.1) is 0 Å². The summed E-state index contributed by atoms with van der Waals surface area (Å²) in [6.07, 6.45) is 4.06. The molecule has 0 amide bonds. The van der Waals surface area contributed by atoms with E-state index < -0.39 is 0 Å². The summed E-state index contributed by atoms with van der Waals surface area (Å²) in [6.45, 7) is 11.3. The van der Waals surface area contributed by atoms with Gasteiger partial charge in [0.15, 0.2) is 0 Å². The molecule has 4 nitrogen and oxygen atoms in total. The standard InChI is InChI=1S/C17H28N4/c1-10-13(18-6)19-11(2)20-14(10)21-15-16(3,4)12-7-8-17(15,5)9-12/h12,15H,7-9H2,1-6H3,(H2,18,19,20,21). The lowest BCUT2D eigenvalue weighted by Crippen LogP contribution is -2.46. The van der Waals surface area contributed by atoms with E-state index in [0.29, 0.717) is 16.9 Å². The van der Waals surface area contributed by atoms with E-state index in [1.807, 2.05) is 14.0 Å². The van der Waals surface area contributed by atoms with Gasteiger partial charge in [0.05, 0.1) is 0 Å². The average molecular weight is 288 g/mol. The Bertz CT molecular complexity index is 561. The molecule has 116 valence electrons. The molecule has 2 aliphatic rings. The zero-order valence-electron chi connectivity index (χ0n) is 14.2. The molecule has 21 heavy (non-hydrogen) atoms. The van der Waals surface area contributed by atoms with Crippen LogP contribution in [-0.2, 0) is 0 Å². The van der Waals surface area contributed by atoms with Crippen molar-refractivity contribution in [3.8, 4) is 0 Å². The van der Waals surface area contributed by atoms with Crippen LogP contribution in [0.4, 0.5) is 11.6 Å². The van der Waals surface area contributed by atoms with Crippen molar-refractivity contribution in [3.05, 3.63) is 11.4 Å². The molecule has 0 saturated heterocycles. The predicted octanol–water partition coefficient (Wildman–Crippen LogP) is 3.76. The van der Waals surface area contributed by atoms with E-state index in [2.05, 4.69) is 48.3 Å². The molecular formula is C17H28N4. The normalized spacial score (nSPS) is 33.2. The van der Waals surface area contributed by atoms with Crippen LogP contribution >= 0.6 is 0 Å². The van der Waals surface area contributed by atoms with Crippen LogP contribution in [0.2, 0.25) is 0 Å². The Kier molecular flexibility index (Phi) is 3.19. The number of aromatic nitrogens is 2. The van der Waals surface area contributed by atoms with Crippen LogP contribution in [0.1, 0.15) is 51.4 Å². The number of anilines is 2. The van der Waals surface area contributed by atoms with Gasteiger partial charge in [0.25, 0.3) is 0 Å². The molecule has 3 unspecified atom stereocenters. The van der Waals surface area contributed by atoms with E-state index in [1.54, 1.807) is 0 Å². The Hall–Kier alpha value is -1.32. The lowest BCUT2D eigenvalue weighted by molar-refractivity contribution is 0.155. The summed E-state index contributed by atoms with van der Waals surface area (Å²) in [6, 6.07) is 0.487. The summed E-state index contributed by atoms with van der Waals surface area (Å²) in [4.78, 5) is 9.13. The fourth-order valence-electron chi connectivity index (χ4n) is 4.81. The number of nitrogens with one attached hydrogen (secondary N) is 2. The SMILES string of the molecule is CNc1nc(C)nc(NC2C3(C)CCC(C3)C2(C)C)c1C. The van der Waals surface area contributed by atoms with Crippen LogP contribution in [-0.4, -0.2) is 23.1 Å². The van der Waals surface area contributed by atoms with E-state index >= 15 is 0 Å². The van der Waals surface area contributed by atoms with Crippen LogP contribution in [0.5, 0.6) is 0 Å². The smallest absolute Gasteiger partial charge is 0.135 e. The molecule has 0 aromatic carbocycles. The van der Waals surface area contributed by atoms with Gasteiger partial charge in [-0.05, 0) is 49.9 Å². The Morgan fingerprint density at radius 1 is 1.10 bits per heavy atom. The van der Waals surface area contributed by atoms with Gasteiger partial charge in [-0.3, -0.25) is 0 Å². The highest BCUT2D eigenvalue weighted by atomic mass is 15.1. The van der Waals surface area contributed by atoms with Crippen molar-refractivity contribution in [2.24, 2.45) is 16.7 Å². The van der Waals surface area contributed by atoms with E-state index in [1.165, 1.54) is 19.3 Å². The molecule has 2 N–H and O–H groups in total. The van der Waals surface area contributed by atoms with E-state index in [0.717, 1.165) is 28.9 Å². The molecule has 0 spiro atoms. The molecule has 2 fully saturated rings. The first-order valence-corrected chi connectivity index (χ1v) is 8.07. The molecule has 2 aliphatic carbocycles. The summed E-state index contributed by atoms with van der Waals surface area (Å²) in [5.41, 5.74) is 1.85. The minimum Gasteiger partial charge on any atom is -0.373 e. The van der Waals surface area contributed by atoms with Crippen LogP contribution < -0.4 is 10.6 Å². The number of aryl methyl sites for hydroxylation is 1. The minimum absolute atomic E-state index is 0.331. The number of fused-ring (bicyclic) bond motifs is 2. The van der Waals surface area contributed by atoms with Gasteiger partial charge in [-0.1, -0.05) is 20.8 Å². The fraction of sp³-hybridized carbons (Fsp3) is 0.765. The zero-order chi connectivity index (χ0) is 15.4. The van der Waals surface area contributed by atoms with Crippen molar-refractivity contribution in [3.63, 3.8) is 0 Å². The van der Waals surface area contributed by atoms with Crippen molar-refractivity contribution in [2.75, 3.05) is 17.7 Å². The van der Waals surface area contributed by atoms with Gasteiger partial charge in [0.1, 0.15) is 17.5 Å². The first kappa shape index (κ1) is 14.6. The highest BCUT2D eigenvalue weighted by Gasteiger charge is 2.59. The molecular weight excluding hydrogens is 260 g/mol. The van der Waals surface area contributed by atoms with Crippen molar-refractivity contribution in [1.82, 2.24) is 9.97 Å². The summed E-state index contributed by atoms with van der Waals surface area (Å²) >= 11 is 0. The maximum Gasteiger partial charge on any atom is 0.135 e. The summed E-state index contributed by atoms with van der Waals surface area (Å²) < 4.78 is 0. The third-order valence-corrected chi connectivity index (χ3v) is 6.05. The highest BCUT2D eigenvalue weighted by Crippen LogP contribution is 2.63. The Morgan fingerprint density at radius 3 is 2.33 bits per heavy atom. The van der Waals surface area contributed by atoms with Crippen LogP contribution in [0, 0.1) is 30.6 Å². The minimum atomic E-state index is 0.331. The molecule has 3 rings (SSSR count). The Morgan fingerprint density at radius 2 is 1.76 bits per heavy atom. The number of hydrogen-bond acceptors (Lipinski definition) is 4. The number of nitrogens with zero attached hydrogens (tertiary/aromatic N) is 2. The first-order chi connectivity index (χ1) is 9.78. The maximum absolute atomic E-state index is 4.66. The van der Waals surface area contributed by atoms with Gasteiger partial charge in [-0.2, -0.15) is 0 Å². The van der Waals surface area contributed by atoms with Crippen LogP contribution in [0.3, 0.4) is 0 Å². The second-order valence-electron chi connectivity index (χ2n) is 7.84. The quantitative estimate of drug-likeness (QED) is 0.889. The van der Waals surface area contributed by atoms with Crippen LogP contribution in [0.15, 0.2) is 0 Å². The summed E-state index contributed by atoms with van der Waals surface area (Å²) in [7, 11) is 1.92. The van der Waals surface area contributed by atoms with Crippen LogP contribution in [0.25, 0.3) is 0 Å². The Balaban J connectivity index is 1.95. The third-order valence-electron chi connectivity index (χ3n) is 6.05. The first-order valence-electron chi connectivity index (χ1n) is 8.07. The largest absolute Gasteiger partial charge is 0.373 e. The van der Waals surface area contributed by atoms with Gasteiger partial charge < -0.3 is 10.6 Å². The molecule has 4 heteroatoms.